The van der Waals surface area contributed by atoms with E-state index in [0.29, 0.717) is 5.75 Å². The lowest BCUT2D eigenvalue weighted by Crippen LogP contribution is -2.50. The number of aromatic nitrogens is 1. The van der Waals surface area contributed by atoms with Gasteiger partial charge in [-0.25, -0.2) is 0 Å². The van der Waals surface area contributed by atoms with E-state index in [1.165, 1.54) is 0 Å². The van der Waals surface area contributed by atoms with Gasteiger partial charge < -0.3 is 14.4 Å². The molecule has 2 N–H and O–H groups in total. The lowest BCUT2D eigenvalue weighted by molar-refractivity contribution is -0.0243. The molecule has 1 unspecified atom stereocenters. The number of nitrogens with one attached hydrogen (secondary N) is 1. The Balaban J connectivity index is 2.10. The lowest BCUT2D eigenvalue weighted by Gasteiger charge is -2.27. The smallest absolute Gasteiger partial charge is 0.167 e. The van der Waals surface area contributed by atoms with Crippen molar-refractivity contribution in [1.82, 2.24) is 10.5 Å². The first-order valence-electron chi connectivity index (χ1n) is 6.92. The fourth-order valence-corrected chi connectivity index (χ4v) is 2.20. The molecule has 1 aromatic carbocycles. The highest BCUT2D eigenvalue weighted by Gasteiger charge is 2.22. The minimum absolute atomic E-state index is 0.170. The highest BCUT2D eigenvalue weighted by atomic mass is 16.5. The Bertz CT molecular complexity index is 576. The largest absolute Gasteiger partial charge is 0.489 e. The SMILES string of the molecule is CCc1noc2ccc(OCC(C)(O)NC(C)C)cc12. The Labute approximate surface area is 118 Å². The second-order valence-electron chi connectivity index (χ2n) is 5.50. The number of hydrogen-bond acceptors (Lipinski definition) is 5. The van der Waals surface area contributed by atoms with Gasteiger partial charge in [0.1, 0.15) is 18.1 Å². The van der Waals surface area contributed by atoms with Crippen molar-refractivity contribution in [3.05, 3.63) is 23.9 Å². The number of benzene rings is 1. The molecule has 0 aliphatic rings. The van der Waals surface area contributed by atoms with Gasteiger partial charge in [0, 0.05) is 11.4 Å². The van der Waals surface area contributed by atoms with Crippen molar-refractivity contribution >= 4 is 11.0 Å². The van der Waals surface area contributed by atoms with Crippen LogP contribution in [0.2, 0.25) is 0 Å². The van der Waals surface area contributed by atoms with Gasteiger partial charge in [0.25, 0.3) is 0 Å². The average molecular weight is 278 g/mol. The molecule has 110 valence electrons. The summed E-state index contributed by atoms with van der Waals surface area (Å²) in [6, 6.07) is 5.73. The molecule has 5 nitrogen and oxygen atoms in total. The average Bonchev–Trinajstić information content (AvgIpc) is 2.77. The molecule has 0 fully saturated rings. The van der Waals surface area contributed by atoms with Crippen LogP contribution >= 0.6 is 0 Å². The van der Waals surface area contributed by atoms with Gasteiger partial charge in [0.2, 0.25) is 0 Å². The van der Waals surface area contributed by atoms with Gasteiger partial charge in [-0.3, -0.25) is 5.32 Å². The van der Waals surface area contributed by atoms with E-state index in [9.17, 15) is 5.11 Å². The number of aliphatic hydroxyl groups is 1. The molecule has 2 rings (SSSR count). The van der Waals surface area contributed by atoms with Crippen molar-refractivity contribution in [2.75, 3.05) is 6.61 Å². The van der Waals surface area contributed by atoms with Crippen LogP contribution < -0.4 is 10.1 Å². The van der Waals surface area contributed by atoms with Crippen LogP contribution in [0.3, 0.4) is 0 Å². The first-order chi connectivity index (χ1) is 9.41. The van der Waals surface area contributed by atoms with Gasteiger partial charge in [-0.15, -0.1) is 0 Å². The maximum Gasteiger partial charge on any atom is 0.167 e. The maximum atomic E-state index is 10.2. The molecule has 0 saturated carbocycles. The van der Waals surface area contributed by atoms with E-state index >= 15 is 0 Å². The molecule has 5 heteroatoms. The third kappa shape index (κ3) is 3.49. The zero-order valence-corrected chi connectivity index (χ0v) is 12.4. The molecule has 0 aliphatic heterocycles. The Hall–Kier alpha value is -1.59. The van der Waals surface area contributed by atoms with Crippen molar-refractivity contribution in [2.45, 2.75) is 45.9 Å². The summed E-state index contributed by atoms with van der Waals surface area (Å²) < 4.78 is 10.9. The quantitative estimate of drug-likeness (QED) is 0.795. The van der Waals surface area contributed by atoms with Crippen LogP contribution in [0.1, 0.15) is 33.4 Å². The van der Waals surface area contributed by atoms with E-state index in [-0.39, 0.29) is 12.6 Å². The highest BCUT2D eigenvalue weighted by Crippen LogP contribution is 2.24. The van der Waals surface area contributed by atoms with E-state index in [1.54, 1.807) is 6.92 Å². The zero-order valence-electron chi connectivity index (χ0n) is 12.4. The Morgan fingerprint density at radius 3 is 2.85 bits per heavy atom. The molecule has 1 aromatic heterocycles. The van der Waals surface area contributed by atoms with Gasteiger partial charge in [0.05, 0.1) is 5.69 Å². The predicted octanol–water partition coefficient (Wildman–Crippen LogP) is 2.48. The molecule has 2 aromatic rings. The number of nitrogens with zero attached hydrogens (tertiary/aromatic N) is 1. The molecule has 0 bridgehead atoms. The molecule has 0 saturated heterocycles. The highest BCUT2D eigenvalue weighted by molar-refractivity contribution is 5.80. The van der Waals surface area contributed by atoms with Gasteiger partial charge in [0.15, 0.2) is 5.58 Å². The predicted molar refractivity (Wildman–Crippen MR) is 77.8 cm³/mol. The van der Waals surface area contributed by atoms with E-state index in [4.69, 9.17) is 9.26 Å². The van der Waals surface area contributed by atoms with Crippen LogP contribution in [0, 0.1) is 0 Å². The summed E-state index contributed by atoms with van der Waals surface area (Å²) in [6.07, 6.45) is 0.809. The minimum atomic E-state index is -1.06. The first-order valence-corrected chi connectivity index (χ1v) is 6.92. The summed E-state index contributed by atoms with van der Waals surface area (Å²) in [6.45, 7) is 7.85. The fraction of sp³-hybridized carbons (Fsp3) is 0.533. The molecule has 0 spiro atoms. The second kappa shape index (κ2) is 5.81. The number of fused-ring (bicyclic) bond motifs is 1. The van der Waals surface area contributed by atoms with Crippen molar-refractivity contribution in [3.8, 4) is 5.75 Å². The van der Waals surface area contributed by atoms with E-state index < -0.39 is 5.72 Å². The van der Waals surface area contributed by atoms with Crippen LogP contribution in [-0.2, 0) is 6.42 Å². The van der Waals surface area contributed by atoms with Gasteiger partial charge in [-0.1, -0.05) is 12.1 Å². The fourth-order valence-electron chi connectivity index (χ4n) is 2.20. The third-order valence-corrected chi connectivity index (χ3v) is 2.97. The second-order valence-corrected chi connectivity index (χ2v) is 5.50. The normalized spacial score (nSPS) is 14.7. The third-order valence-electron chi connectivity index (χ3n) is 2.97. The van der Waals surface area contributed by atoms with Crippen molar-refractivity contribution in [2.24, 2.45) is 0 Å². The summed E-state index contributed by atoms with van der Waals surface area (Å²) in [4.78, 5) is 0. The van der Waals surface area contributed by atoms with Gasteiger partial charge in [-0.05, 0) is 45.4 Å². The lowest BCUT2D eigenvalue weighted by atomic mass is 10.2. The van der Waals surface area contributed by atoms with E-state index in [0.717, 1.165) is 23.1 Å². The number of hydrogen-bond donors (Lipinski definition) is 2. The molecule has 1 atom stereocenters. The van der Waals surface area contributed by atoms with Gasteiger partial charge in [-0.2, -0.15) is 0 Å². The summed E-state index contributed by atoms with van der Waals surface area (Å²) in [7, 11) is 0. The minimum Gasteiger partial charge on any atom is -0.489 e. The maximum absolute atomic E-state index is 10.2. The number of aryl methyl sites for hydroxylation is 1. The van der Waals surface area contributed by atoms with Gasteiger partial charge >= 0.3 is 0 Å². The number of rotatable bonds is 6. The molecule has 1 heterocycles. The monoisotopic (exact) mass is 278 g/mol. The molecule has 20 heavy (non-hydrogen) atoms. The summed E-state index contributed by atoms with van der Waals surface area (Å²) in [5, 5.41) is 18.2. The molecule has 0 amide bonds. The van der Waals surface area contributed by atoms with Crippen LogP contribution in [-0.4, -0.2) is 28.6 Å². The van der Waals surface area contributed by atoms with Crippen LogP contribution in [0.15, 0.2) is 22.7 Å². The first kappa shape index (κ1) is 14.8. The molecule has 0 radical (unpaired) electrons. The van der Waals surface area contributed by atoms with E-state index in [1.807, 2.05) is 39.0 Å². The van der Waals surface area contributed by atoms with Crippen molar-refractivity contribution < 1.29 is 14.4 Å². The zero-order chi connectivity index (χ0) is 14.8. The number of ether oxygens (including phenoxy) is 1. The Morgan fingerprint density at radius 1 is 1.45 bits per heavy atom. The van der Waals surface area contributed by atoms with Crippen LogP contribution in [0.25, 0.3) is 11.0 Å². The van der Waals surface area contributed by atoms with E-state index in [2.05, 4.69) is 10.5 Å². The Morgan fingerprint density at radius 2 is 2.20 bits per heavy atom. The van der Waals surface area contributed by atoms with Crippen molar-refractivity contribution in [3.63, 3.8) is 0 Å². The topological polar surface area (TPSA) is 67.5 Å². The standard InChI is InChI=1S/C15H22N2O3/c1-5-13-12-8-11(6-7-14(12)20-17-13)19-9-15(4,18)16-10(2)3/h6-8,10,16,18H,5,9H2,1-4H3. The van der Waals surface area contributed by atoms with Crippen LogP contribution in [0.5, 0.6) is 5.75 Å². The summed E-state index contributed by atoms with van der Waals surface area (Å²) in [5.74, 6) is 0.696. The van der Waals surface area contributed by atoms with Crippen LogP contribution in [0.4, 0.5) is 0 Å². The van der Waals surface area contributed by atoms with Crippen molar-refractivity contribution in [1.29, 1.82) is 0 Å². The summed E-state index contributed by atoms with van der Waals surface area (Å²) >= 11 is 0. The molecular weight excluding hydrogens is 256 g/mol. The molecule has 0 aliphatic carbocycles. The summed E-state index contributed by atoms with van der Waals surface area (Å²) in [5.41, 5.74) is 0.601. The molecular formula is C15H22N2O3. The Kier molecular flexibility index (Phi) is 4.30.